The lowest BCUT2D eigenvalue weighted by Gasteiger charge is -2.15. The third kappa shape index (κ3) is 5.10. The van der Waals surface area contributed by atoms with Crippen LogP contribution in [-0.4, -0.2) is 0 Å². The molecule has 2 aliphatic rings. The van der Waals surface area contributed by atoms with Crippen LogP contribution in [-0.2, 0) is 0 Å². The molecule has 6 atom stereocenters. The van der Waals surface area contributed by atoms with Gasteiger partial charge in [-0.1, -0.05) is 69.9 Å². The fourth-order valence-corrected chi connectivity index (χ4v) is 3.88. The molecule has 2 aliphatic carbocycles. The standard InChI is InChI=1S/2C10H18.C3H6/c2*1-6-7(2)9(4)10(5)8(6)3;1-3-2/h2*6-8H,1-5H3;3H,1H2,2H3/t2*6?,7-,8+;. The summed E-state index contributed by atoms with van der Waals surface area (Å²) in [4.78, 5) is 0. The van der Waals surface area contributed by atoms with E-state index in [-0.39, 0.29) is 0 Å². The fraction of sp³-hybridized carbons (Fsp3) is 0.739. The Morgan fingerprint density at radius 3 is 0.739 bits per heavy atom. The maximum atomic E-state index is 3.36. The van der Waals surface area contributed by atoms with Crippen LogP contribution < -0.4 is 0 Å². The molecule has 2 unspecified atom stereocenters. The molecule has 0 radical (unpaired) electrons. The minimum atomic E-state index is 0.815. The van der Waals surface area contributed by atoms with Crippen molar-refractivity contribution < 1.29 is 0 Å². The normalized spacial score (nSPS) is 36.3. The molecule has 0 saturated heterocycles. The van der Waals surface area contributed by atoms with Crippen molar-refractivity contribution in [1.82, 2.24) is 0 Å². The Bertz CT molecular complexity index is 373. The molecule has 0 amide bonds. The molecule has 0 N–H and O–H groups in total. The van der Waals surface area contributed by atoms with E-state index in [1.165, 1.54) is 0 Å². The summed E-state index contributed by atoms with van der Waals surface area (Å²) in [6.45, 7) is 28.4. The highest BCUT2D eigenvalue weighted by Gasteiger charge is 2.30. The molecule has 0 nitrogen and oxygen atoms in total. The molecule has 0 aliphatic heterocycles. The summed E-state index contributed by atoms with van der Waals surface area (Å²) in [5.41, 5.74) is 6.50. The van der Waals surface area contributed by atoms with E-state index in [1.54, 1.807) is 28.4 Å². The summed E-state index contributed by atoms with van der Waals surface area (Å²) in [5.74, 6) is 4.98. The zero-order valence-corrected chi connectivity index (χ0v) is 17.7. The highest BCUT2D eigenvalue weighted by molar-refractivity contribution is 5.23. The van der Waals surface area contributed by atoms with Gasteiger partial charge in [-0.05, 0) is 70.1 Å². The Morgan fingerprint density at radius 1 is 0.565 bits per heavy atom. The van der Waals surface area contributed by atoms with Gasteiger partial charge in [0.2, 0.25) is 0 Å². The average molecular weight is 319 g/mol. The van der Waals surface area contributed by atoms with E-state index in [9.17, 15) is 0 Å². The zero-order valence-electron chi connectivity index (χ0n) is 17.7. The van der Waals surface area contributed by atoms with Crippen LogP contribution in [0.2, 0.25) is 0 Å². The third-order valence-electron chi connectivity index (χ3n) is 7.13. The van der Waals surface area contributed by atoms with Crippen molar-refractivity contribution in [1.29, 1.82) is 0 Å². The second-order valence-electron chi connectivity index (χ2n) is 8.01. The Balaban J connectivity index is 0.000000360. The van der Waals surface area contributed by atoms with Crippen LogP contribution >= 0.6 is 0 Å². The van der Waals surface area contributed by atoms with Gasteiger partial charge in [-0.25, -0.2) is 0 Å². The molecule has 0 aromatic carbocycles. The van der Waals surface area contributed by atoms with Gasteiger partial charge in [0.15, 0.2) is 0 Å². The van der Waals surface area contributed by atoms with E-state index in [2.05, 4.69) is 75.8 Å². The summed E-state index contributed by atoms with van der Waals surface area (Å²) in [7, 11) is 0. The molecule has 2 rings (SSSR count). The lowest BCUT2D eigenvalue weighted by atomic mass is 9.90. The van der Waals surface area contributed by atoms with Gasteiger partial charge in [0, 0.05) is 0 Å². The van der Waals surface area contributed by atoms with Gasteiger partial charge in [-0.3, -0.25) is 0 Å². The molecule has 134 valence electrons. The second-order valence-corrected chi connectivity index (χ2v) is 8.01. The fourth-order valence-electron chi connectivity index (χ4n) is 3.88. The highest BCUT2D eigenvalue weighted by atomic mass is 14.4. The van der Waals surface area contributed by atoms with Gasteiger partial charge in [0.1, 0.15) is 0 Å². The van der Waals surface area contributed by atoms with Gasteiger partial charge >= 0.3 is 0 Å². The van der Waals surface area contributed by atoms with Crippen LogP contribution in [0.1, 0.15) is 76.2 Å². The van der Waals surface area contributed by atoms with Gasteiger partial charge in [0.05, 0.1) is 0 Å². The molecular formula is C23H42. The lowest BCUT2D eigenvalue weighted by Crippen LogP contribution is -2.08. The van der Waals surface area contributed by atoms with Crippen LogP contribution in [0.25, 0.3) is 0 Å². The Hall–Kier alpha value is -0.780. The van der Waals surface area contributed by atoms with Crippen molar-refractivity contribution in [3.8, 4) is 0 Å². The maximum absolute atomic E-state index is 3.36. The molecule has 0 saturated carbocycles. The molecule has 0 heterocycles. The van der Waals surface area contributed by atoms with Gasteiger partial charge in [-0.15, -0.1) is 6.58 Å². The minimum Gasteiger partial charge on any atom is -0.103 e. The predicted octanol–water partition coefficient (Wildman–Crippen LogP) is 7.68. The third-order valence-corrected chi connectivity index (χ3v) is 7.13. The summed E-state index contributed by atoms with van der Waals surface area (Å²) < 4.78 is 0. The molecule has 23 heavy (non-hydrogen) atoms. The van der Waals surface area contributed by atoms with E-state index in [4.69, 9.17) is 0 Å². The summed E-state index contributed by atoms with van der Waals surface area (Å²) in [6, 6.07) is 0. The highest BCUT2D eigenvalue weighted by Crippen LogP contribution is 2.41. The molecule has 0 spiro atoms. The first-order valence-electron chi connectivity index (χ1n) is 9.44. The van der Waals surface area contributed by atoms with Crippen LogP contribution in [0.15, 0.2) is 34.9 Å². The van der Waals surface area contributed by atoms with E-state index >= 15 is 0 Å². The molecule has 0 fully saturated rings. The largest absolute Gasteiger partial charge is 0.103 e. The molecular weight excluding hydrogens is 276 g/mol. The SMILES string of the molecule is C=CC.CC1=C(C)[C@H](C)C(C)[C@@H]1C.CC1=C(C)[C@H](C)C(C)[C@@H]1C. The number of hydrogen-bond acceptors (Lipinski definition) is 0. The predicted molar refractivity (Wildman–Crippen MR) is 108 cm³/mol. The number of hydrogen-bond donors (Lipinski definition) is 0. The van der Waals surface area contributed by atoms with Crippen LogP contribution in [0.3, 0.4) is 0 Å². The minimum absolute atomic E-state index is 0.815. The van der Waals surface area contributed by atoms with E-state index < -0.39 is 0 Å². The van der Waals surface area contributed by atoms with E-state index in [1.807, 2.05) is 6.92 Å². The van der Waals surface area contributed by atoms with Crippen LogP contribution in [0, 0.1) is 35.5 Å². The summed E-state index contributed by atoms with van der Waals surface area (Å²) in [6.07, 6.45) is 1.75. The van der Waals surface area contributed by atoms with Crippen molar-refractivity contribution in [2.24, 2.45) is 35.5 Å². The molecule has 0 aromatic heterocycles. The van der Waals surface area contributed by atoms with Crippen molar-refractivity contribution in [2.45, 2.75) is 76.2 Å². The second kappa shape index (κ2) is 9.50. The van der Waals surface area contributed by atoms with Gasteiger partial charge < -0.3 is 0 Å². The molecule has 0 heteroatoms. The molecule has 0 bridgehead atoms. The first-order valence-corrected chi connectivity index (χ1v) is 9.44. The van der Waals surface area contributed by atoms with Crippen molar-refractivity contribution in [2.75, 3.05) is 0 Å². The number of rotatable bonds is 0. The van der Waals surface area contributed by atoms with Crippen molar-refractivity contribution >= 4 is 0 Å². The topological polar surface area (TPSA) is 0 Å². The summed E-state index contributed by atoms with van der Waals surface area (Å²) in [5, 5.41) is 0. The number of allylic oxidation sites excluding steroid dienone is 5. The first kappa shape index (κ1) is 22.2. The summed E-state index contributed by atoms with van der Waals surface area (Å²) >= 11 is 0. The quantitative estimate of drug-likeness (QED) is 0.402. The Labute approximate surface area is 147 Å². The monoisotopic (exact) mass is 318 g/mol. The van der Waals surface area contributed by atoms with Crippen molar-refractivity contribution in [3.63, 3.8) is 0 Å². The lowest BCUT2D eigenvalue weighted by molar-refractivity contribution is 0.390. The zero-order chi connectivity index (χ0) is 18.5. The first-order chi connectivity index (χ1) is 10.5. The Kier molecular flexibility index (Phi) is 9.18. The Morgan fingerprint density at radius 2 is 0.696 bits per heavy atom. The van der Waals surface area contributed by atoms with Crippen molar-refractivity contribution in [3.05, 3.63) is 34.9 Å². The van der Waals surface area contributed by atoms with Crippen LogP contribution in [0.4, 0.5) is 0 Å². The molecule has 0 aromatic rings. The van der Waals surface area contributed by atoms with Gasteiger partial charge in [-0.2, -0.15) is 0 Å². The average Bonchev–Trinajstić information content (AvgIpc) is 2.80. The smallest absolute Gasteiger partial charge is 0.0200 e. The maximum Gasteiger partial charge on any atom is -0.0200 e. The van der Waals surface area contributed by atoms with Crippen LogP contribution in [0.5, 0.6) is 0 Å². The van der Waals surface area contributed by atoms with E-state index in [0.717, 1.165) is 35.5 Å². The van der Waals surface area contributed by atoms with Gasteiger partial charge in [0.25, 0.3) is 0 Å². The van der Waals surface area contributed by atoms with E-state index in [0.29, 0.717) is 0 Å².